The second-order valence-electron chi connectivity index (χ2n) is 3.43. The Balaban J connectivity index is 0.00000144. The Hall–Kier alpha value is -1.11. The number of carbonyl (C=O) groups is 1. The summed E-state index contributed by atoms with van der Waals surface area (Å²) in [5.74, 6) is -0.530. The van der Waals surface area contributed by atoms with E-state index in [0.717, 1.165) is 0 Å². The van der Waals surface area contributed by atoms with Crippen molar-refractivity contribution in [3.8, 4) is 0 Å². The summed E-state index contributed by atoms with van der Waals surface area (Å²) in [6, 6.07) is 0.912. The number of aliphatic carboxylic acids is 1. The van der Waals surface area contributed by atoms with Crippen LogP contribution in [0.1, 0.15) is 0 Å². The van der Waals surface area contributed by atoms with Crippen molar-refractivity contribution in [1.29, 1.82) is 0 Å². The van der Waals surface area contributed by atoms with Gasteiger partial charge in [-0.05, 0) is 6.07 Å². The largest absolute Gasteiger partial charge is 0.480 e. The number of anilines is 1. The fourth-order valence-corrected chi connectivity index (χ4v) is 1.76. The summed E-state index contributed by atoms with van der Waals surface area (Å²) in [6.45, 7) is 1.64. The van der Waals surface area contributed by atoms with Crippen LogP contribution in [0.2, 0.25) is 5.15 Å². The molecule has 1 aromatic heterocycles. The molecule has 2 heterocycles. The standard InChI is InChI=1S/C9H11ClN4O2.ClH/c10-7-1-2-12-9(13-7)14-4-3-11-5-6(14)8(15)16;/h1-2,6,11H,3-5H2,(H,15,16);1H. The van der Waals surface area contributed by atoms with Gasteiger partial charge in [-0.25, -0.2) is 14.8 Å². The van der Waals surface area contributed by atoms with Gasteiger partial charge in [-0.2, -0.15) is 0 Å². The van der Waals surface area contributed by atoms with E-state index >= 15 is 0 Å². The molecule has 1 aliphatic heterocycles. The number of halogens is 2. The highest BCUT2D eigenvalue weighted by Gasteiger charge is 2.30. The van der Waals surface area contributed by atoms with Crippen LogP contribution in [0.4, 0.5) is 5.95 Å². The number of hydrogen-bond donors (Lipinski definition) is 2. The quantitative estimate of drug-likeness (QED) is 0.764. The third-order valence-electron chi connectivity index (χ3n) is 2.39. The second kappa shape index (κ2) is 6.00. The monoisotopic (exact) mass is 278 g/mol. The number of nitrogens with zero attached hydrogens (tertiary/aromatic N) is 3. The van der Waals surface area contributed by atoms with Gasteiger partial charge in [0.1, 0.15) is 11.2 Å². The van der Waals surface area contributed by atoms with E-state index in [1.54, 1.807) is 11.0 Å². The van der Waals surface area contributed by atoms with E-state index in [1.165, 1.54) is 6.20 Å². The van der Waals surface area contributed by atoms with Crippen molar-refractivity contribution in [2.24, 2.45) is 0 Å². The Morgan fingerprint density at radius 2 is 2.41 bits per heavy atom. The van der Waals surface area contributed by atoms with Gasteiger partial charge in [0.15, 0.2) is 0 Å². The number of hydrogen-bond acceptors (Lipinski definition) is 5. The highest BCUT2D eigenvalue weighted by atomic mass is 35.5. The molecule has 0 aliphatic carbocycles. The summed E-state index contributed by atoms with van der Waals surface area (Å²) < 4.78 is 0. The molecular formula is C9H12Cl2N4O2. The molecular weight excluding hydrogens is 267 g/mol. The molecule has 0 amide bonds. The lowest BCUT2D eigenvalue weighted by Gasteiger charge is -2.33. The van der Waals surface area contributed by atoms with Gasteiger partial charge in [0.05, 0.1) is 0 Å². The van der Waals surface area contributed by atoms with E-state index < -0.39 is 12.0 Å². The van der Waals surface area contributed by atoms with Gasteiger partial charge in [-0.1, -0.05) is 11.6 Å². The summed E-state index contributed by atoms with van der Waals surface area (Å²) in [5.41, 5.74) is 0. The van der Waals surface area contributed by atoms with Crippen LogP contribution in [0.15, 0.2) is 12.3 Å². The van der Waals surface area contributed by atoms with E-state index in [4.69, 9.17) is 16.7 Å². The lowest BCUT2D eigenvalue weighted by molar-refractivity contribution is -0.138. The molecule has 0 aromatic carbocycles. The molecule has 8 heteroatoms. The first-order chi connectivity index (χ1) is 7.68. The maximum absolute atomic E-state index is 11.1. The second-order valence-corrected chi connectivity index (χ2v) is 3.82. The van der Waals surface area contributed by atoms with Crippen molar-refractivity contribution >= 4 is 35.9 Å². The fraction of sp³-hybridized carbons (Fsp3) is 0.444. The van der Waals surface area contributed by atoms with E-state index in [9.17, 15) is 4.79 Å². The fourth-order valence-electron chi connectivity index (χ4n) is 1.63. The van der Waals surface area contributed by atoms with Gasteiger partial charge in [0.25, 0.3) is 0 Å². The number of rotatable bonds is 2. The van der Waals surface area contributed by atoms with Gasteiger partial charge < -0.3 is 15.3 Å². The SMILES string of the molecule is Cl.O=C(O)C1CNCCN1c1nccc(Cl)n1. The molecule has 17 heavy (non-hydrogen) atoms. The normalized spacial score (nSPS) is 19.6. The smallest absolute Gasteiger partial charge is 0.327 e. The molecule has 1 unspecified atom stereocenters. The van der Waals surface area contributed by atoms with Crippen LogP contribution in [0.25, 0.3) is 0 Å². The zero-order valence-corrected chi connectivity index (χ0v) is 10.4. The zero-order valence-electron chi connectivity index (χ0n) is 8.84. The Morgan fingerprint density at radius 1 is 1.65 bits per heavy atom. The van der Waals surface area contributed by atoms with Gasteiger partial charge >= 0.3 is 5.97 Å². The lowest BCUT2D eigenvalue weighted by atomic mass is 10.2. The number of carboxylic acids is 1. The zero-order chi connectivity index (χ0) is 11.5. The number of piperazine rings is 1. The highest BCUT2D eigenvalue weighted by Crippen LogP contribution is 2.15. The number of nitrogens with one attached hydrogen (secondary N) is 1. The van der Waals surface area contributed by atoms with E-state index in [2.05, 4.69) is 15.3 Å². The first-order valence-electron chi connectivity index (χ1n) is 4.87. The van der Waals surface area contributed by atoms with Crippen molar-refractivity contribution in [2.75, 3.05) is 24.5 Å². The van der Waals surface area contributed by atoms with Crippen LogP contribution < -0.4 is 10.2 Å². The Labute approximate surface area is 109 Å². The Morgan fingerprint density at radius 3 is 3.06 bits per heavy atom. The summed E-state index contributed by atoms with van der Waals surface area (Å²) >= 11 is 5.75. The van der Waals surface area contributed by atoms with Gasteiger partial charge in [0, 0.05) is 25.8 Å². The Bertz CT molecular complexity index is 404. The van der Waals surface area contributed by atoms with Crippen molar-refractivity contribution in [2.45, 2.75) is 6.04 Å². The summed E-state index contributed by atoms with van der Waals surface area (Å²) in [7, 11) is 0. The summed E-state index contributed by atoms with van der Waals surface area (Å²) in [5, 5.41) is 12.4. The first kappa shape index (κ1) is 14.0. The molecule has 1 atom stereocenters. The molecule has 0 saturated carbocycles. The highest BCUT2D eigenvalue weighted by molar-refractivity contribution is 6.29. The Kier molecular flexibility index (Phi) is 4.92. The van der Waals surface area contributed by atoms with Crippen LogP contribution in [0.3, 0.4) is 0 Å². The van der Waals surface area contributed by atoms with E-state index in [1.807, 2.05) is 0 Å². The summed E-state index contributed by atoms with van der Waals surface area (Å²) in [4.78, 5) is 20.8. The van der Waals surface area contributed by atoms with Crippen LogP contribution in [-0.4, -0.2) is 46.7 Å². The van der Waals surface area contributed by atoms with Crippen LogP contribution >= 0.6 is 24.0 Å². The van der Waals surface area contributed by atoms with Crippen LogP contribution in [0.5, 0.6) is 0 Å². The topological polar surface area (TPSA) is 78.4 Å². The van der Waals surface area contributed by atoms with Crippen LogP contribution in [-0.2, 0) is 4.79 Å². The predicted octanol–water partition coefficient (Wildman–Crippen LogP) is 0.415. The third-order valence-corrected chi connectivity index (χ3v) is 2.60. The average molecular weight is 279 g/mol. The number of aromatic nitrogens is 2. The van der Waals surface area contributed by atoms with Crippen molar-refractivity contribution in [3.05, 3.63) is 17.4 Å². The molecule has 2 N–H and O–H groups in total. The van der Waals surface area contributed by atoms with Crippen LogP contribution in [0, 0.1) is 0 Å². The van der Waals surface area contributed by atoms with Crippen molar-refractivity contribution in [1.82, 2.24) is 15.3 Å². The molecule has 2 rings (SSSR count). The maximum atomic E-state index is 11.1. The third kappa shape index (κ3) is 3.18. The summed E-state index contributed by atoms with van der Waals surface area (Å²) in [6.07, 6.45) is 1.52. The molecule has 1 aromatic rings. The molecule has 1 aliphatic rings. The minimum absolute atomic E-state index is 0. The van der Waals surface area contributed by atoms with E-state index in [0.29, 0.717) is 30.7 Å². The minimum Gasteiger partial charge on any atom is -0.480 e. The molecule has 6 nitrogen and oxygen atoms in total. The predicted molar refractivity (Wildman–Crippen MR) is 65.9 cm³/mol. The van der Waals surface area contributed by atoms with Gasteiger partial charge in [-0.3, -0.25) is 0 Å². The van der Waals surface area contributed by atoms with E-state index in [-0.39, 0.29) is 12.4 Å². The minimum atomic E-state index is -0.893. The van der Waals surface area contributed by atoms with Gasteiger partial charge in [0.2, 0.25) is 5.95 Å². The lowest BCUT2D eigenvalue weighted by Crippen LogP contribution is -2.55. The first-order valence-corrected chi connectivity index (χ1v) is 5.25. The van der Waals surface area contributed by atoms with Crippen molar-refractivity contribution < 1.29 is 9.90 Å². The molecule has 94 valence electrons. The number of carboxylic acid groups (broad SMARTS) is 1. The van der Waals surface area contributed by atoms with Gasteiger partial charge in [-0.15, -0.1) is 12.4 Å². The molecule has 1 fully saturated rings. The average Bonchev–Trinajstić information content (AvgIpc) is 2.29. The molecule has 1 saturated heterocycles. The molecule has 0 spiro atoms. The van der Waals surface area contributed by atoms with Crippen molar-refractivity contribution in [3.63, 3.8) is 0 Å². The maximum Gasteiger partial charge on any atom is 0.327 e. The molecule has 0 radical (unpaired) electrons. The molecule has 0 bridgehead atoms.